The lowest BCUT2D eigenvalue weighted by Crippen LogP contribution is -2.38. The summed E-state index contributed by atoms with van der Waals surface area (Å²) in [6.45, 7) is 5.33. The first-order chi connectivity index (χ1) is 17.0. The molecule has 6 rings (SSSR count). The van der Waals surface area contributed by atoms with E-state index in [0.717, 1.165) is 58.6 Å². The first-order valence-electron chi connectivity index (χ1n) is 12.1. The number of amides is 1. The Hall–Kier alpha value is -3.33. The third-order valence-corrected chi connectivity index (χ3v) is 7.87. The maximum atomic E-state index is 14.4. The van der Waals surface area contributed by atoms with Gasteiger partial charge in [0, 0.05) is 41.6 Å². The molecule has 4 heterocycles. The van der Waals surface area contributed by atoms with E-state index < -0.39 is 0 Å². The van der Waals surface area contributed by atoms with E-state index >= 15 is 0 Å². The summed E-state index contributed by atoms with van der Waals surface area (Å²) in [4.78, 5) is 29.3. The lowest BCUT2D eigenvalue weighted by atomic mass is 10.0. The van der Waals surface area contributed by atoms with E-state index in [2.05, 4.69) is 38.5 Å². The molecular weight excluding hydrogens is 463 g/mol. The van der Waals surface area contributed by atoms with Gasteiger partial charge in [0.05, 0.1) is 16.9 Å². The molecule has 7 nitrogen and oxygen atoms in total. The SMILES string of the molecule is Cc1c(F)ccc2cc([C@H](C)Nc3ncnc4sccc34)c(N3CC[C@H](NC(=O)C4CC4)C3)nc12. The molecule has 0 unspecified atom stereocenters. The number of nitrogens with zero attached hydrogens (tertiary/aromatic N) is 4. The van der Waals surface area contributed by atoms with Gasteiger partial charge in [0.25, 0.3) is 0 Å². The summed E-state index contributed by atoms with van der Waals surface area (Å²) in [6.07, 6.45) is 4.43. The lowest BCUT2D eigenvalue weighted by molar-refractivity contribution is -0.122. The van der Waals surface area contributed by atoms with Crippen LogP contribution in [0.1, 0.15) is 43.4 Å². The van der Waals surface area contributed by atoms with Crippen LogP contribution in [0.5, 0.6) is 0 Å². The molecule has 1 amide bonds. The number of hydrogen-bond donors (Lipinski definition) is 2. The zero-order valence-corrected chi connectivity index (χ0v) is 20.5. The first-order valence-corrected chi connectivity index (χ1v) is 13.0. The molecule has 0 radical (unpaired) electrons. The van der Waals surface area contributed by atoms with Gasteiger partial charge in [-0.05, 0) is 62.8 Å². The van der Waals surface area contributed by atoms with Gasteiger partial charge in [0.15, 0.2) is 0 Å². The predicted molar refractivity (Wildman–Crippen MR) is 137 cm³/mol. The number of fused-ring (bicyclic) bond motifs is 2. The second-order valence-electron chi connectivity index (χ2n) is 9.59. The number of anilines is 2. The van der Waals surface area contributed by atoms with Gasteiger partial charge in [-0.1, -0.05) is 0 Å². The van der Waals surface area contributed by atoms with E-state index in [9.17, 15) is 9.18 Å². The van der Waals surface area contributed by atoms with Crippen molar-refractivity contribution in [2.24, 2.45) is 5.92 Å². The zero-order valence-electron chi connectivity index (χ0n) is 19.7. The quantitative estimate of drug-likeness (QED) is 0.397. The Morgan fingerprint density at radius 1 is 1.23 bits per heavy atom. The molecule has 1 aliphatic heterocycles. The summed E-state index contributed by atoms with van der Waals surface area (Å²) < 4.78 is 14.4. The van der Waals surface area contributed by atoms with Crippen LogP contribution < -0.4 is 15.5 Å². The molecule has 2 atom stereocenters. The number of aryl methyl sites for hydroxylation is 1. The third-order valence-electron chi connectivity index (χ3n) is 7.05. The van der Waals surface area contributed by atoms with Crippen LogP contribution in [0, 0.1) is 18.7 Å². The van der Waals surface area contributed by atoms with Crippen LogP contribution in [-0.4, -0.2) is 40.0 Å². The minimum absolute atomic E-state index is 0.0950. The van der Waals surface area contributed by atoms with Gasteiger partial charge < -0.3 is 15.5 Å². The van der Waals surface area contributed by atoms with Crippen LogP contribution in [0.15, 0.2) is 36.0 Å². The number of halogens is 1. The van der Waals surface area contributed by atoms with Crippen LogP contribution in [0.3, 0.4) is 0 Å². The summed E-state index contributed by atoms with van der Waals surface area (Å²) in [7, 11) is 0. The highest BCUT2D eigenvalue weighted by atomic mass is 32.1. The molecule has 0 spiro atoms. The summed E-state index contributed by atoms with van der Waals surface area (Å²) in [6, 6.07) is 7.40. The number of rotatable bonds is 6. The average Bonchev–Trinajstić information content (AvgIpc) is 3.42. The van der Waals surface area contributed by atoms with Gasteiger partial charge in [-0.15, -0.1) is 11.3 Å². The average molecular weight is 491 g/mol. The van der Waals surface area contributed by atoms with Gasteiger partial charge in [-0.3, -0.25) is 4.79 Å². The van der Waals surface area contributed by atoms with Crippen molar-refractivity contribution in [1.82, 2.24) is 20.3 Å². The number of carbonyl (C=O) groups is 1. The molecule has 9 heteroatoms. The fraction of sp³-hybridized carbons (Fsp3) is 0.385. The second-order valence-corrected chi connectivity index (χ2v) is 10.5. The Balaban J connectivity index is 1.36. The number of aromatic nitrogens is 3. The van der Waals surface area contributed by atoms with Crippen LogP contribution in [-0.2, 0) is 4.79 Å². The van der Waals surface area contributed by atoms with E-state index in [1.807, 2.05) is 11.4 Å². The lowest BCUT2D eigenvalue weighted by Gasteiger charge is -2.26. The van der Waals surface area contributed by atoms with Crippen molar-refractivity contribution in [2.45, 2.75) is 45.2 Å². The van der Waals surface area contributed by atoms with Crippen molar-refractivity contribution in [3.8, 4) is 0 Å². The Morgan fingerprint density at radius 3 is 2.91 bits per heavy atom. The maximum absolute atomic E-state index is 14.4. The molecule has 1 saturated heterocycles. The monoisotopic (exact) mass is 490 g/mol. The van der Waals surface area contributed by atoms with Crippen LogP contribution in [0.4, 0.5) is 16.0 Å². The van der Waals surface area contributed by atoms with Crippen molar-refractivity contribution in [3.05, 3.63) is 52.9 Å². The summed E-state index contributed by atoms with van der Waals surface area (Å²) >= 11 is 1.58. The molecule has 180 valence electrons. The topological polar surface area (TPSA) is 83.0 Å². The summed E-state index contributed by atoms with van der Waals surface area (Å²) in [5.74, 6) is 1.70. The van der Waals surface area contributed by atoms with Gasteiger partial charge in [0.2, 0.25) is 5.91 Å². The Labute approximate surface area is 206 Å². The highest BCUT2D eigenvalue weighted by Crippen LogP contribution is 2.35. The summed E-state index contributed by atoms with van der Waals surface area (Å²) in [5, 5.41) is 10.7. The van der Waals surface area contributed by atoms with E-state index in [4.69, 9.17) is 4.98 Å². The molecule has 2 fully saturated rings. The highest BCUT2D eigenvalue weighted by molar-refractivity contribution is 7.16. The smallest absolute Gasteiger partial charge is 0.223 e. The zero-order chi connectivity index (χ0) is 24.1. The Morgan fingerprint density at radius 2 is 2.09 bits per heavy atom. The Bertz CT molecular complexity index is 1430. The molecule has 4 aromatic rings. The van der Waals surface area contributed by atoms with E-state index in [1.54, 1.807) is 30.7 Å². The molecule has 3 aromatic heterocycles. The molecule has 1 aliphatic carbocycles. The van der Waals surface area contributed by atoms with Gasteiger partial charge in [0.1, 0.15) is 28.6 Å². The number of thiophene rings is 1. The van der Waals surface area contributed by atoms with Crippen LogP contribution in [0.25, 0.3) is 21.1 Å². The first kappa shape index (κ1) is 22.2. The molecule has 35 heavy (non-hydrogen) atoms. The van der Waals surface area contributed by atoms with E-state index in [1.165, 1.54) is 6.07 Å². The number of pyridine rings is 1. The largest absolute Gasteiger partial charge is 0.363 e. The van der Waals surface area contributed by atoms with Crippen molar-refractivity contribution in [1.29, 1.82) is 0 Å². The van der Waals surface area contributed by atoms with Gasteiger partial charge in [-0.25, -0.2) is 19.3 Å². The maximum Gasteiger partial charge on any atom is 0.223 e. The molecule has 2 aliphatic rings. The number of benzene rings is 1. The molecule has 1 aromatic carbocycles. The Kier molecular flexibility index (Phi) is 5.51. The second kappa shape index (κ2) is 8.71. The number of nitrogens with one attached hydrogen (secondary N) is 2. The van der Waals surface area contributed by atoms with Crippen molar-refractivity contribution >= 4 is 50.0 Å². The van der Waals surface area contributed by atoms with E-state index in [-0.39, 0.29) is 29.7 Å². The highest BCUT2D eigenvalue weighted by Gasteiger charge is 2.34. The van der Waals surface area contributed by atoms with Crippen molar-refractivity contribution < 1.29 is 9.18 Å². The number of carbonyl (C=O) groups excluding carboxylic acids is 1. The number of hydrogen-bond acceptors (Lipinski definition) is 7. The van der Waals surface area contributed by atoms with Crippen molar-refractivity contribution in [3.63, 3.8) is 0 Å². The molecule has 0 bridgehead atoms. The van der Waals surface area contributed by atoms with Crippen molar-refractivity contribution in [2.75, 3.05) is 23.3 Å². The molecular formula is C26H27FN6OS. The van der Waals surface area contributed by atoms with Gasteiger partial charge >= 0.3 is 0 Å². The van der Waals surface area contributed by atoms with E-state index in [0.29, 0.717) is 17.6 Å². The molecule has 1 saturated carbocycles. The molecule has 2 N–H and O–H groups in total. The minimum Gasteiger partial charge on any atom is -0.363 e. The minimum atomic E-state index is -0.258. The third kappa shape index (κ3) is 4.18. The predicted octanol–water partition coefficient (Wildman–Crippen LogP) is 4.97. The van der Waals surface area contributed by atoms with Crippen LogP contribution >= 0.6 is 11.3 Å². The standard InChI is InChI=1S/C26H27FN6OS/c1-14-21(27)6-5-17-11-20(15(2)30-23-19-8-10-35-26(19)29-13-28-23)24(32-22(14)17)33-9-7-18(12-33)31-25(34)16-3-4-16/h5-6,8,10-11,13,15-16,18H,3-4,7,9,12H2,1-2H3,(H,31,34)(H,28,29,30)/t15-,18-/m0/s1. The fourth-order valence-corrected chi connectivity index (χ4v) is 5.59. The van der Waals surface area contributed by atoms with Crippen LogP contribution in [0.2, 0.25) is 0 Å². The normalized spacial score (nSPS) is 18.8. The summed E-state index contributed by atoms with van der Waals surface area (Å²) in [5.41, 5.74) is 2.23. The van der Waals surface area contributed by atoms with Gasteiger partial charge in [-0.2, -0.15) is 0 Å². The fourth-order valence-electron chi connectivity index (χ4n) is 4.86.